The molecule has 0 bridgehead atoms. The number of ether oxygens (including phenoxy) is 6. The summed E-state index contributed by atoms with van der Waals surface area (Å²) < 4.78 is 34.5. The van der Waals surface area contributed by atoms with Crippen molar-refractivity contribution in [2.45, 2.75) is 287 Å². The normalized spacial score (nSPS) is 24.2. The van der Waals surface area contributed by atoms with E-state index in [1.54, 1.807) is 0 Å². The summed E-state index contributed by atoms with van der Waals surface area (Å²) in [6.45, 7) is 3.52. The molecule has 2 saturated heterocycles. The highest BCUT2D eigenvalue weighted by atomic mass is 16.7. The highest BCUT2D eigenvalue weighted by molar-refractivity contribution is 5.69. The number of unbranched alkanes of at least 4 members (excludes halogenated alkanes) is 20. The van der Waals surface area contributed by atoms with Gasteiger partial charge in [-0.15, -0.1) is 0 Å². The van der Waals surface area contributed by atoms with Gasteiger partial charge in [0.05, 0.1) is 26.4 Å². The third kappa shape index (κ3) is 39.9. The Bertz CT molecular complexity index is 1790. The second kappa shape index (κ2) is 54.1. The van der Waals surface area contributed by atoms with Gasteiger partial charge in [0.2, 0.25) is 0 Å². The molecule has 0 aromatic heterocycles. The first-order valence-electron chi connectivity index (χ1n) is 32.5. The van der Waals surface area contributed by atoms with E-state index in [0.29, 0.717) is 13.0 Å². The predicted octanol–water partition coefficient (Wildman–Crippen LogP) is 13.1. The van der Waals surface area contributed by atoms with Crippen molar-refractivity contribution >= 4 is 5.97 Å². The summed E-state index contributed by atoms with van der Waals surface area (Å²) >= 11 is 0. The molecule has 2 fully saturated rings. The molecule has 0 aromatic carbocycles. The number of carbonyl (C=O) groups is 1. The molecular weight excluding hydrogens is 1050 g/mol. The molecule has 2 aliphatic heterocycles. The standard InChI is InChI=1S/C69H116O14/c1-3-5-7-9-11-13-15-17-19-21-23-25-27-28-29-31-33-35-37-39-41-43-45-47-49-51-53-78-55-58(56-79-68-67(77)65(75)63(73)60(83-68)57-80-69-66(76)64(74)62(72)59(54-70)82-69)81-61(71)52-50-48-46-44-42-40-38-36-34-32-30-26-24-22-20-18-16-14-12-10-8-6-4-2/h5,7,11,13,16-19,22-25,28-30,32-33,35,58-60,62-70,72-77H,3-4,6,8-10,12,14-15,20-21,26-27,31,34,36-57H2,1-2H3/b7-5-,13-11-,18-16-,19-17-,24-22-,25-23-,29-28-,32-30-,35-33-. The molecule has 0 aliphatic carbocycles. The maximum Gasteiger partial charge on any atom is 0.306 e. The fourth-order valence-electron chi connectivity index (χ4n) is 9.59. The monoisotopic (exact) mass is 1170 g/mol. The number of allylic oxidation sites excluding steroid dienone is 18. The predicted molar refractivity (Wildman–Crippen MR) is 334 cm³/mol. The maximum atomic E-state index is 13.1. The summed E-state index contributed by atoms with van der Waals surface area (Å²) in [5, 5.41) is 72.5. The number of hydrogen-bond acceptors (Lipinski definition) is 14. The number of aliphatic hydroxyl groups excluding tert-OH is 7. The molecule has 7 N–H and O–H groups in total. The summed E-state index contributed by atoms with van der Waals surface area (Å²) in [4.78, 5) is 13.1. The van der Waals surface area contributed by atoms with Gasteiger partial charge in [0.15, 0.2) is 12.6 Å². The van der Waals surface area contributed by atoms with Crippen molar-refractivity contribution in [1.29, 1.82) is 0 Å². The molecular formula is C69H116O14. The second-order valence-corrected chi connectivity index (χ2v) is 22.2. The fraction of sp³-hybridized carbons (Fsp3) is 0.725. The van der Waals surface area contributed by atoms with Crippen molar-refractivity contribution < 1.29 is 69.0 Å². The smallest absolute Gasteiger partial charge is 0.306 e. The number of esters is 1. The highest BCUT2D eigenvalue weighted by Crippen LogP contribution is 2.27. The quantitative estimate of drug-likeness (QED) is 0.0172. The topological polar surface area (TPSA) is 214 Å². The minimum atomic E-state index is -1.72. The first-order chi connectivity index (χ1) is 40.6. The van der Waals surface area contributed by atoms with E-state index in [1.807, 2.05) is 0 Å². The van der Waals surface area contributed by atoms with E-state index in [4.69, 9.17) is 28.4 Å². The van der Waals surface area contributed by atoms with Gasteiger partial charge in [-0.05, 0) is 103 Å². The van der Waals surface area contributed by atoms with Crippen LogP contribution in [0.2, 0.25) is 0 Å². The Morgan fingerprint density at radius 3 is 1.23 bits per heavy atom. The van der Waals surface area contributed by atoms with Crippen LogP contribution in [0.1, 0.15) is 219 Å². The van der Waals surface area contributed by atoms with Gasteiger partial charge < -0.3 is 64.2 Å². The fourth-order valence-corrected chi connectivity index (χ4v) is 9.59. The Hall–Kier alpha value is -3.35. The van der Waals surface area contributed by atoms with E-state index in [2.05, 4.69) is 123 Å². The average Bonchev–Trinajstić information content (AvgIpc) is 3.69. The van der Waals surface area contributed by atoms with Crippen molar-refractivity contribution in [1.82, 2.24) is 0 Å². The van der Waals surface area contributed by atoms with Crippen LogP contribution in [0.4, 0.5) is 0 Å². The minimum absolute atomic E-state index is 0.0437. The van der Waals surface area contributed by atoms with Crippen molar-refractivity contribution in [3.05, 3.63) is 109 Å². The van der Waals surface area contributed by atoms with Gasteiger partial charge in [-0.1, -0.05) is 220 Å². The SMILES string of the molecule is CC/C=C\C/C=C\C/C=C\C/C=C\C/C=C\C/C=C\CCCCCCCCCOCC(COC1OC(COC2OC(CO)C(O)C(O)C2O)C(O)C(O)C1O)OC(=O)CCCCCCCCCC/C=C\C/C=C\C/C=C\CCCCCCC. The van der Waals surface area contributed by atoms with Crippen LogP contribution in [-0.4, -0.2) is 142 Å². The zero-order chi connectivity index (χ0) is 60.1. The molecule has 0 amide bonds. The molecule has 0 aromatic rings. The van der Waals surface area contributed by atoms with Crippen LogP contribution in [-0.2, 0) is 33.2 Å². The van der Waals surface area contributed by atoms with E-state index in [0.717, 1.165) is 109 Å². The maximum absolute atomic E-state index is 13.1. The molecule has 0 radical (unpaired) electrons. The molecule has 2 aliphatic rings. The van der Waals surface area contributed by atoms with E-state index >= 15 is 0 Å². The molecule has 476 valence electrons. The van der Waals surface area contributed by atoms with Crippen LogP contribution in [0, 0.1) is 0 Å². The van der Waals surface area contributed by atoms with Gasteiger partial charge in [-0.2, -0.15) is 0 Å². The average molecular weight is 1170 g/mol. The second-order valence-electron chi connectivity index (χ2n) is 22.2. The van der Waals surface area contributed by atoms with Crippen LogP contribution in [0.3, 0.4) is 0 Å². The van der Waals surface area contributed by atoms with Crippen LogP contribution in [0.5, 0.6) is 0 Å². The van der Waals surface area contributed by atoms with Gasteiger partial charge in [-0.3, -0.25) is 4.79 Å². The Morgan fingerprint density at radius 1 is 0.410 bits per heavy atom. The van der Waals surface area contributed by atoms with Crippen LogP contribution in [0.25, 0.3) is 0 Å². The molecule has 11 unspecified atom stereocenters. The van der Waals surface area contributed by atoms with Crippen LogP contribution >= 0.6 is 0 Å². The molecule has 0 saturated carbocycles. The van der Waals surface area contributed by atoms with Gasteiger partial charge in [0, 0.05) is 13.0 Å². The number of carbonyl (C=O) groups excluding carboxylic acids is 1. The Balaban J connectivity index is 1.69. The number of aliphatic hydroxyl groups is 7. The summed E-state index contributed by atoms with van der Waals surface area (Å²) in [5.41, 5.74) is 0. The van der Waals surface area contributed by atoms with E-state index in [1.165, 1.54) is 83.5 Å². The van der Waals surface area contributed by atoms with Crippen LogP contribution < -0.4 is 0 Å². The van der Waals surface area contributed by atoms with Crippen molar-refractivity contribution in [2.24, 2.45) is 0 Å². The Kier molecular flexibility index (Phi) is 49.3. The zero-order valence-corrected chi connectivity index (χ0v) is 51.4. The molecule has 0 spiro atoms. The van der Waals surface area contributed by atoms with E-state index in [9.17, 15) is 40.5 Å². The lowest BCUT2D eigenvalue weighted by Gasteiger charge is -2.42. The van der Waals surface area contributed by atoms with Crippen molar-refractivity contribution in [3.63, 3.8) is 0 Å². The molecule has 11 atom stereocenters. The first-order valence-corrected chi connectivity index (χ1v) is 32.5. The van der Waals surface area contributed by atoms with Crippen molar-refractivity contribution in [2.75, 3.05) is 33.0 Å². The Morgan fingerprint density at radius 2 is 0.783 bits per heavy atom. The van der Waals surface area contributed by atoms with Crippen molar-refractivity contribution in [3.8, 4) is 0 Å². The van der Waals surface area contributed by atoms with Gasteiger partial charge in [-0.25, -0.2) is 0 Å². The third-order valence-electron chi connectivity index (χ3n) is 14.8. The highest BCUT2D eigenvalue weighted by Gasteiger charge is 2.47. The summed E-state index contributed by atoms with van der Waals surface area (Å²) in [5.74, 6) is -0.390. The van der Waals surface area contributed by atoms with E-state index < -0.39 is 86.7 Å². The van der Waals surface area contributed by atoms with Gasteiger partial charge in [0.25, 0.3) is 0 Å². The lowest BCUT2D eigenvalue weighted by Crippen LogP contribution is -2.61. The van der Waals surface area contributed by atoms with Gasteiger partial charge in [0.1, 0.15) is 54.9 Å². The lowest BCUT2D eigenvalue weighted by molar-refractivity contribution is -0.332. The van der Waals surface area contributed by atoms with Crippen LogP contribution in [0.15, 0.2) is 109 Å². The summed E-state index contributed by atoms with van der Waals surface area (Å²) in [6.07, 6.45) is 58.6. The van der Waals surface area contributed by atoms with E-state index in [-0.39, 0.29) is 19.6 Å². The minimum Gasteiger partial charge on any atom is -0.457 e. The zero-order valence-electron chi connectivity index (χ0n) is 51.4. The number of rotatable bonds is 52. The molecule has 2 rings (SSSR count). The third-order valence-corrected chi connectivity index (χ3v) is 14.8. The van der Waals surface area contributed by atoms with Gasteiger partial charge >= 0.3 is 5.97 Å². The molecule has 14 nitrogen and oxygen atoms in total. The molecule has 14 heteroatoms. The molecule has 2 heterocycles. The lowest BCUT2D eigenvalue weighted by atomic mass is 9.98. The first kappa shape index (κ1) is 75.7. The summed E-state index contributed by atoms with van der Waals surface area (Å²) in [7, 11) is 0. The largest absolute Gasteiger partial charge is 0.457 e. The summed E-state index contributed by atoms with van der Waals surface area (Å²) in [6, 6.07) is 0. The number of hydrogen-bond donors (Lipinski definition) is 7. The Labute approximate surface area is 502 Å². The molecule has 83 heavy (non-hydrogen) atoms.